The van der Waals surface area contributed by atoms with Gasteiger partial charge in [-0.1, -0.05) is 24.6 Å². The third-order valence-electron chi connectivity index (χ3n) is 6.28. The van der Waals surface area contributed by atoms with Crippen LogP contribution in [0.15, 0.2) is 54.7 Å². The number of allylic oxidation sites excluding steroid dienone is 2. The Morgan fingerprint density at radius 1 is 1.22 bits per heavy atom. The highest BCUT2D eigenvalue weighted by Gasteiger charge is 2.37. The van der Waals surface area contributed by atoms with E-state index in [1.54, 1.807) is 41.5 Å². The maximum absolute atomic E-state index is 13.7. The molecule has 1 aromatic carbocycles. The number of pyridine rings is 1. The zero-order chi connectivity index (χ0) is 26.5. The molecule has 3 aromatic rings. The monoisotopic (exact) mass is 520 g/mol. The third kappa shape index (κ3) is 5.97. The number of esters is 1. The van der Waals surface area contributed by atoms with Crippen molar-refractivity contribution in [3.05, 3.63) is 82.1 Å². The smallest absolute Gasteiger partial charge is 0.310 e. The highest BCUT2D eigenvalue weighted by molar-refractivity contribution is 6.30. The van der Waals surface area contributed by atoms with Crippen LogP contribution in [0.2, 0.25) is 5.02 Å². The van der Waals surface area contributed by atoms with Crippen molar-refractivity contribution in [1.29, 1.82) is 0 Å². The predicted octanol–water partition coefficient (Wildman–Crippen LogP) is 5.00. The summed E-state index contributed by atoms with van der Waals surface area (Å²) in [7, 11) is 0. The van der Waals surface area contributed by atoms with Gasteiger partial charge in [0, 0.05) is 37.7 Å². The minimum Gasteiger partial charge on any atom is -0.430 e. The van der Waals surface area contributed by atoms with E-state index in [1.165, 1.54) is 0 Å². The van der Waals surface area contributed by atoms with Crippen LogP contribution in [0, 0.1) is 19.8 Å². The van der Waals surface area contributed by atoms with Gasteiger partial charge < -0.3 is 10.1 Å². The van der Waals surface area contributed by atoms with E-state index in [2.05, 4.69) is 15.4 Å². The maximum Gasteiger partial charge on any atom is 0.310 e. The minimum atomic E-state index is -0.410. The van der Waals surface area contributed by atoms with Gasteiger partial charge in [0.1, 0.15) is 11.5 Å². The Kier molecular flexibility index (Phi) is 8.18. The van der Waals surface area contributed by atoms with Crippen LogP contribution in [-0.4, -0.2) is 39.0 Å². The summed E-state index contributed by atoms with van der Waals surface area (Å²) in [6.07, 6.45) is 6.47. The molecule has 2 aromatic heterocycles. The fourth-order valence-corrected chi connectivity index (χ4v) is 4.73. The van der Waals surface area contributed by atoms with Gasteiger partial charge in [-0.05, 0) is 67.6 Å². The first-order chi connectivity index (χ1) is 17.8. The van der Waals surface area contributed by atoms with Gasteiger partial charge in [0.2, 0.25) is 0 Å². The van der Waals surface area contributed by atoms with Crippen molar-refractivity contribution < 1.29 is 19.1 Å². The molecule has 0 fully saturated rings. The average molecular weight is 521 g/mol. The molecule has 0 aliphatic heterocycles. The maximum atomic E-state index is 13.7. The molecule has 192 valence electrons. The summed E-state index contributed by atoms with van der Waals surface area (Å²) in [5.41, 5.74) is 4.04. The number of amides is 1. The molecule has 1 atom stereocenters. The van der Waals surface area contributed by atoms with E-state index in [4.69, 9.17) is 16.3 Å². The highest BCUT2D eigenvalue weighted by atomic mass is 35.5. The minimum absolute atomic E-state index is 0.0903. The first-order valence-corrected chi connectivity index (χ1v) is 12.7. The van der Waals surface area contributed by atoms with Crippen LogP contribution < -0.4 is 5.32 Å². The number of ketones is 1. The molecule has 1 N–H and O–H groups in total. The lowest BCUT2D eigenvalue weighted by Crippen LogP contribution is -2.27. The van der Waals surface area contributed by atoms with Crippen LogP contribution in [0.5, 0.6) is 0 Å². The van der Waals surface area contributed by atoms with Crippen LogP contribution in [0.25, 0.3) is 11.3 Å². The Hall–Kier alpha value is -3.78. The molecule has 1 aliphatic rings. The van der Waals surface area contributed by atoms with E-state index in [0.717, 1.165) is 22.4 Å². The summed E-state index contributed by atoms with van der Waals surface area (Å²) in [4.78, 5) is 42.5. The lowest BCUT2D eigenvalue weighted by Gasteiger charge is -2.15. The Bertz CT molecular complexity index is 1340. The number of aryl methyl sites for hydroxylation is 2. The summed E-state index contributed by atoms with van der Waals surface area (Å²) in [6, 6.07) is 8.97. The molecule has 8 nitrogen and oxygen atoms in total. The second-order valence-electron chi connectivity index (χ2n) is 9.10. The molecule has 37 heavy (non-hydrogen) atoms. The van der Waals surface area contributed by atoms with Crippen LogP contribution >= 0.6 is 11.6 Å². The lowest BCUT2D eigenvalue weighted by atomic mass is 9.91. The van der Waals surface area contributed by atoms with Crippen LogP contribution in [0.1, 0.15) is 59.8 Å². The van der Waals surface area contributed by atoms with E-state index < -0.39 is 5.92 Å². The van der Waals surface area contributed by atoms with Crippen molar-refractivity contribution in [2.24, 2.45) is 5.92 Å². The zero-order valence-corrected chi connectivity index (χ0v) is 21.8. The molecule has 9 heteroatoms. The predicted molar refractivity (Wildman–Crippen MR) is 140 cm³/mol. The lowest BCUT2D eigenvalue weighted by molar-refractivity contribution is -0.139. The standard InChI is InChI=1S/C28H29ClN4O4/c1-4-7-24(34)37-23-14-19(9-11-31-28(36)22-8-5-6-10-30-22)27(35)26(23)25-17(2)12-21(13-18(25)3)33-16-20(29)15-32-33/h5-6,8,10,12-13,15-16,19H,4,7,9,11,14H2,1-3H3,(H,31,36). The van der Waals surface area contributed by atoms with E-state index >= 15 is 0 Å². The molecule has 1 amide bonds. The number of halogens is 1. The van der Waals surface area contributed by atoms with E-state index in [1.807, 2.05) is 32.9 Å². The van der Waals surface area contributed by atoms with Gasteiger partial charge in [0.15, 0.2) is 5.78 Å². The first kappa shape index (κ1) is 26.3. The molecule has 0 saturated carbocycles. The molecular formula is C28H29ClN4O4. The Balaban J connectivity index is 1.58. The molecule has 1 aliphatic carbocycles. The summed E-state index contributed by atoms with van der Waals surface area (Å²) in [6.45, 7) is 6.04. The number of aromatic nitrogens is 3. The molecule has 2 heterocycles. The SMILES string of the molecule is CCCC(=O)OC1=C(c2c(C)cc(-n3cc(Cl)cn3)cc2C)C(=O)C(CCNC(=O)c2ccccn2)C1. The van der Waals surface area contributed by atoms with E-state index in [0.29, 0.717) is 47.9 Å². The Morgan fingerprint density at radius 3 is 2.59 bits per heavy atom. The number of hydrogen-bond donors (Lipinski definition) is 1. The number of carbonyl (C=O) groups is 3. The van der Waals surface area contributed by atoms with Gasteiger partial charge in [-0.3, -0.25) is 19.4 Å². The van der Waals surface area contributed by atoms with Gasteiger partial charge in [0.25, 0.3) is 5.91 Å². The molecule has 4 rings (SSSR count). The summed E-state index contributed by atoms with van der Waals surface area (Å²) in [5, 5.41) is 7.62. The largest absolute Gasteiger partial charge is 0.430 e. The second kappa shape index (κ2) is 11.5. The number of ether oxygens (including phenoxy) is 1. The topological polar surface area (TPSA) is 103 Å². The van der Waals surface area contributed by atoms with Crippen molar-refractivity contribution in [1.82, 2.24) is 20.1 Å². The van der Waals surface area contributed by atoms with Crippen LogP contribution in [-0.2, 0) is 14.3 Å². The van der Waals surface area contributed by atoms with E-state index in [-0.39, 0.29) is 24.1 Å². The van der Waals surface area contributed by atoms with Crippen LogP contribution in [0.3, 0.4) is 0 Å². The fraction of sp³-hybridized carbons (Fsp3) is 0.321. The third-order valence-corrected chi connectivity index (χ3v) is 6.47. The van der Waals surface area contributed by atoms with Crippen LogP contribution in [0.4, 0.5) is 0 Å². The van der Waals surface area contributed by atoms with Gasteiger partial charge >= 0.3 is 5.97 Å². The fourth-order valence-electron chi connectivity index (χ4n) is 4.60. The normalized spacial score (nSPS) is 15.2. The molecule has 0 spiro atoms. The molecule has 0 radical (unpaired) electrons. The zero-order valence-electron chi connectivity index (χ0n) is 21.1. The van der Waals surface area contributed by atoms with E-state index in [9.17, 15) is 14.4 Å². The highest BCUT2D eigenvalue weighted by Crippen LogP contribution is 2.40. The number of nitrogens with one attached hydrogen (secondary N) is 1. The van der Waals surface area contributed by atoms with Gasteiger partial charge in [-0.25, -0.2) is 4.68 Å². The first-order valence-electron chi connectivity index (χ1n) is 12.3. The van der Waals surface area contributed by atoms with Gasteiger partial charge in [-0.2, -0.15) is 5.10 Å². The van der Waals surface area contributed by atoms with Gasteiger partial charge in [-0.15, -0.1) is 0 Å². The number of benzene rings is 1. The van der Waals surface area contributed by atoms with Crippen molar-refractivity contribution in [3.63, 3.8) is 0 Å². The quantitative estimate of drug-likeness (QED) is 0.398. The van der Waals surface area contributed by atoms with Crippen molar-refractivity contribution in [2.75, 3.05) is 6.54 Å². The van der Waals surface area contributed by atoms with Crippen molar-refractivity contribution in [3.8, 4) is 5.69 Å². The summed E-state index contributed by atoms with van der Waals surface area (Å²) < 4.78 is 7.40. The number of hydrogen-bond acceptors (Lipinski definition) is 6. The number of nitrogens with zero attached hydrogens (tertiary/aromatic N) is 3. The average Bonchev–Trinajstić information content (AvgIpc) is 3.43. The van der Waals surface area contributed by atoms with Crippen molar-refractivity contribution in [2.45, 2.75) is 46.5 Å². The molecule has 0 bridgehead atoms. The summed E-state index contributed by atoms with van der Waals surface area (Å²) >= 11 is 6.04. The Morgan fingerprint density at radius 2 is 1.97 bits per heavy atom. The number of carbonyl (C=O) groups excluding carboxylic acids is 3. The number of rotatable bonds is 9. The Labute approximate surface area is 220 Å². The molecular weight excluding hydrogens is 492 g/mol. The second-order valence-corrected chi connectivity index (χ2v) is 9.54. The number of Topliss-reactive ketones (excluding diaryl/α,β-unsaturated/α-hetero) is 1. The van der Waals surface area contributed by atoms with Crippen molar-refractivity contribution >= 4 is 34.8 Å². The van der Waals surface area contributed by atoms with Gasteiger partial charge in [0.05, 0.1) is 22.5 Å². The molecule has 1 unspecified atom stereocenters. The summed E-state index contributed by atoms with van der Waals surface area (Å²) in [5.74, 6) is -0.759. The molecule has 0 saturated heterocycles.